The van der Waals surface area contributed by atoms with Gasteiger partial charge < -0.3 is 10.1 Å². The Hall–Kier alpha value is -1.22. The van der Waals surface area contributed by atoms with Crippen LogP contribution in [0.5, 0.6) is 0 Å². The molecule has 0 spiro atoms. The maximum atomic E-state index is 11.6. The molecule has 0 aliphatic rings. The van der Waals surface area contributed by atoms with Crippen molar-refractivity contribution in [3.8, 4) is 0 Å². The highest BCUT2D eigenvalue weighted by atomic mass is 35.5. The molecule has 1 aromatic rings. The summed E-state index contributed by atoms with van der Waals surface area (Å²) in [5.41, 5.74) is 0.460. The Morgan fingerprint density at radius 1 is 1.41 bits per heavy atom. The van der Waals surface area contributed by atoms with E-state index in [0.717, 1.165) is 5.56 Å². The van der Waals surface area contributed by atoms with E-state index in [0.29, 0.717) is 5.02 Å². The molecular formula is C13H18ClNO2. The van der Waals surface area contributed by atoms with Crippen molar-refractivity contribution in [2.75, 3.05) is 0 Å². The molecule has 4 heteroatoms. The van der Waals surface area contributed by atoms with Crippen LogP contribution in [0.25, 0.3) is 0 Å². The van der Waals surface area contributed by atoms with Crippen molar-refractivity contribution < 1.29 is 9.53 Å². The van der Waals surface area contributed by atoms with Gasteiger partial charge in [0.2, 0.25) is 0 Å². The number of hydrogen-bond acceptors (Lipinski definition) is 2. The van der Waals surface area contributed by atoms with E-state index in [4.69, 9.17) is 16.3 Å². The van der Waals surface area contributed by atoms with E-state index in [1.807, 2.05) is 45.9 Å². The molecule has 94 valence electrons. The minimum atomic E-state index is -0.488. The molecule has 17 heavy (non-hydrogen) atoms. The summed E-state index contributed by atoms with van der Waals surface area (Å²) in [5.74, 6) is 0. The highest BCUT2D eigenvalue weighted by Crippen LogP contribution is 2.18. The third-order valence-electron chi connectivity index (χ3n) is 2.08. The zero-order chi connectivity index (χ0) is 13.1. The molecule has 1 rings (SSSR count). The Bertz CT molecular complexity index is 399. The van der Waals surface area contributed by atoms with E-state index in [-0.39, 0.29) is 6.04 Å². The third-order valence-corrected chi connectivity index (χ3v) is 2.32. The molecule has 1 atom stereocenters. The molecule has 0 aliphatic carbocycles. The lowest BCUT2D eigenvalue weighted by Crippen LogP contribution is -2.34. The van der Waals surface area contributed by atoms with Crippen LogP contribution in [-0.2, 0) is 4.74 Å². The minimum absolute atomic E-state index is 0.136. The molecular weight excluding hydrogens is 238 g/mol. The van der Waals surface area contributed by atoms with E-state index in [9.17, 15) is 4.79 Å². The first-order valence-corrected chi connectivity index (χ1v) is 5.91. The van der Waals surface area contributed by atoms with Gasteiger partial charge in [-0.2, -0.15) is 0 Å². The Balaban J connectivity index is 2.61. The van der Waals surface area contributed by atoms with Crippen LogP contribution in [0, 0.1) is 0 Å². The van der Waals surface area contributed by atoms with E-state index < -0.39 is 11.7 Å². The fourth-order valence-electron chi connectivity index (χ4n) is 1.34. The normalized spacial score (nSPS) is 13.0. The van der Waals surface area contributed by atoms with Crippen LogP contribution in [0.4, 0.5) is 4.79 Å². The lowest BCUT2D eigenvalue weighted by atomic mass is 10.1. The smallest absolute Gasteiger partial charge is 0.408 e. The van der Waals surface area contributed by atoms with Crippen LogP contribution in [-0.4, -0.2) is 11.7 Å². The number of ether oxygens (including phenoxy) is 1. The van der Waals surface area contributed by atoms with Crippen molar-refractivity contribution in [3.63, 3.8) is 0 Å². The van der Waals surface area contributed by atoms with Crippen LogP contribution >= 0.6 is 11.6 Å². The van der Waals surface area contributed by atoms with E-state index >= 15 is 0 Å². The average Bonchev–Trinajstić information content (AvgIpc) is 2.14. The minimum Gasteiger partial charge on any atom is -0.444 e. The summed E-state index contributed by atoms with van der Waals surface area (Å²) in [4.78, 5) is 11.6. The lowest BCUT2D eigenvalue weighted by molar-refractivity contribution is 0.0508. The molecule has 0 aliphatic heterocycles. The highest BCUT2D eigenvalue weighted by Gasteiger charge is 2.18. The Labute approximate surface area is 107 Å². The molecule has 0 fully saturated rings. The molecule has 0 saturated carbocycles. The van der Waals surface area contributed by atoms with Crippen molar-refractivity contribution in [1.29, 1.82) is 0 Å². The van der Waals surface area contributed by atoms with Crippen molar-refractivity contribution in [1.82, 2.24) is 5.32 Å². The van der Waals surface area contributed by atoms with Gasteiger partial charge in [-0.25, -0.2) is 4.79 Å². The number of halogens is 1. The molecule has 0 heterocycles. The summed E-state index contributed by atoms with van der Waals surface area (Å²) >= 11 is 5.89. The third kappa shape index (κ3) is 5.09. The predicted octanol–water partition coefficient (Wildman–Crippen LogP) is 3.93. The van der Waals surface area contributed by atoms with Gasteiger partial charge in [0.15, 0.2) is 0 Å². The van der Waals surface area contributed by atoms with E-state index in [1.54, 1.807) is 6.07 Å². The van der Waals surface area contributed by atoms with Gasteiger partial charge in [-0.1, -0.05) is 23.7 Å². The number of nitrogens with one attached hydrogen (secondary N) is 1. The average molecular weight is 256 g/mol. The van der Waals surface area contributed by atoms with Crippen molar-refractivity contribution in [3.05, 3.63) is 34.9 Å². The largest absolute Gasteiger partial charge is 0.444 e. The van der Waals surface area contributed by atoms with E-state index in [2.05, 4.69) is 5.32 Å². The topological polar surface area (TPSA) is 38.3 Å². The molecule has 1 unspecified atom stereocenters. The van der Waals surface area contributed by atoms with Gasteiger partial charge in [-0.05, 0) is 45.4 Å². The molecule has 0 radical (unpaired) electrons. The Morgan fingerprint density at radius 3 is 2.59 bits per heavy atom. The number of rotatable bonds is 2. The highest BCUT2D eigenvalue weighted by molar-refractivity contribution is 6.30. The van der Waals surface area contributed by atoms with Gasteiger partial charge in [0.05, 0.1) is 6.04 Å². The van der Waals surface area contributed by atoms with Crippen molar-refractivity contribution >= 4 is 17.7 Å². The fraction of sp³-hybridized carbons (Fsp3) is 0.462. The second kappa shape index (κ2) is 5.41. The van der Waals surface area contributed by atoms with Crippen LogP contribution < -0.4 is 5.32 Å². The zero-order valence-corrected chi connectivity index (χ0v) is 11.3. The Kier molecular flexibility index (Phi) is 4.40. The number of carbonyl (C=O) groups is 1. The molecule has 1 amide bonds. The standard InChI is InChI=1S/C13H18ClNO2/c1-9(10-6-5-7-11(14)8-10)15-12(16)17-13(2,3)4/h5-9H,1-4H3,(H,15,16). The number of carbonyl (C=O) groups excluding carboxylic acids is 1. The van der Waals surface area contributed by atoms with Gasteiger partial charge in [-0.15, -0.1) is 0 Å². The van der Waals surface area contributed by atoms with E-state index in [1.165, 1.54) is 0 Å². The SMILES string of the molecule is CC(NC(=O)OC(C)(C)C)c1cccc(Cl)c1. The Morgan fingerprint density at radius 2 is 2.06 bits per heavy atom. The summed E-state index contributed by atoms with van der Waals surface area (Å²) in [7, 11) is 0. The molecule has 1 N–H and O–H groups in total. The van der Waals surface area contributed by atoms with Crippen molar-refractivity contribution in [2.45, 2.75) is 39.3 Å². The second-order valence-corrected chi connectivity index (χ2v) is 5.36. The van der Waals surface area contributed by atoms with Crippen LogP contribution in [0.3, 0.4) is 0 Å². The fourth-order valence-corrected chi connectivity index (χ4v) is 1.54. The number of amides is 1. The first-order valence-electron chi connectivity index (χ1n) is 5.53. The summed E-state index contributed by atoms with van der Waals surface area (Å²) in [6.45, 7) is 7.37. The van der Waals surface area contributed by atoms with Crippen LogP contribution in [0.1, 0.15) is 39.3 Å². The quantitative estimate of drug-likeness (QED) is 0.870. The summed E-state index contributed by atoms with van der Waals surface area (Å²) in [5, 5.41) is 3.41. The number of hydrogen-bond donors (Lipinski definition) is 1. The first-order chi connectivity index (χ1) is 7.78. The van der Waals surface area contributed by atoms with Crippen LogP contribution in [0.15, 0.2) is 24.3 Å². The van der Waals surface area contributed by atoms with Gasteiger partial charge in [-0.3, -0.25) is 0 Å². The second-order valence-electron chi connectivity index (χ2n) is 4.92. The summed E-state index contributed by atoms with van der Waals surface area (Å²) in [6, 6.07) is 7.25. The molecule has 0 bridgehead atoms. The molecule has 0 aromatic heterocycles. The zero-order valence-electron chi connectivity index (χ0n) is 10.6. The maximum Gasteiger partial charge on any atom is 0.408 e. The summed E-state index contributed by atoms with van der Waals surface area (Å²) in [6.07, 6.45) is -0.426. The van der Waals surface area contributed by atoms with Crippen molar-refractivity contribution in [2.24, 2.45) is 0 Å². The summed E-state index contributed by atoms with van der Waals surface area (Å²) < 4.78 is 5.18. The number of benzene rings is 1. The van der Waals surface area contributed by atoms with Gasteiger partial charge in [0, 0.05) is 5.02 Å². The first kappa shape index (κ1) is 13.8. The molecule has 3 nitrogen and oxygen atoms in total. The van der Waals surface area contributed by atoms with Crippen LogP contribution in [0.2, 0.25) is 5.02 Å². The monoisotopic (exact) mass is 255 g/mol. The van der Waals surface area contributed by atoms with Gasteiger partial charge >= 0.3 is 6.09 Å². The molecule has 0 saturated heterocycles. The lowest BCUT2D eigenvalue weighted by Gasteiger charge is -2.22. The number of alkyl carbamates (subject to hydrolysis) is 1. The predicted molar refractivity (Wildman–Crippen MR) is 69.2 cm³/mol. The van der Waals surface area contributed by atoms with Gasteiger partial charge in [0.25, 0.3) is 0 Å². The maximum absolute atomic E-state index is 11.6. The molecule has 1 aromatic carbocycles. The van der Waals surface area contributed by atoms with Gasteiger partial charge in [0.1, 0.15) is 5.60 Å².